The molecule has 1 fully saturated rings. The lowest BCUT2D eigenvalue weighted by Crippen LogP contribution is -2.16. The smallest absolute Gasteiger partial charge is 0.165 e. The molecule has 0 aliphatic carbocycles. The van der Waals surface area contributed by atoms with Gasteiger partial charge in [-0.1, -0.05) is 24.3 Å². The van der Waals surface area contributed by atoms with Crippen molar-refractivity contribution in [1.82, 2.24) is 4.98 Å². The van der Waals surface area contributed by atoms with Crippen LogP contribution in [0.4, 0.5) is 15.9 Å². The summed E-state index contributed by atoms with van der Waals surface area (Å²) in [6.07, 6.45) is 5.12. The van der Waals surface area contributed by atoms with Gasteiger partial charge in [0.15, 0.2) is 5.78 Å². The van der Waals surface area contributed by atoms with Crippen molar-refractivity contribution < 1.29 is 13.9 Å². The van der Waals surface area contributed by atoms with Crippen LogP contribution in [-0.2, 0) is 4.74 Å². The van der Waals surface area contributed by atoms with Gasteiger partial charge in [0.1, 0.15) is 11.6 Å². The zero-order valence-corrected chi connectivity index (χ0v) is 16.6. The molecular weight excluding hydrogens is 367 g/mol. The summed E-state index contributed by atoms with van der Waals surface area (Å²) in [4.78, 5) is 17.5. The number of nitrogens with one attached hydrogen (secondary N) is 1. The second-order valence-corrected chi connectivity index (χ2v) is 7.67. The van der Waals surface area contributed by atoms with Gasteiger partial charge in [-0.25, -0.2) is 9.37 Å². The summed E-state index contributed by atoms with van der Waals surface area (Å²) >= 11 is 0. The first-order valence-electron chi connectivity index (χ1n) is 10.1. The summed E-state index contributed by atoms with van der Waals surface area (Å²) in [5, 5.41) is 4.97. The second-order valence-electron chi connectivity index (χ2n) is 7.67. The van der Waals surface area contributed by atoms with Crippen LogP contribution in [0, 0.1) is 18.7 Å². The minimum Gasteiger partial charge on any atom is -0.381 e. The van der Waals surface area contributed by atoms with E-state index in [1.165, 1.54) is 12.1 Å². The van der Waals surface area contributed by atoms with Crippen molar-refractivity contribution in [3.8, 4) is 0 Å². The van der Waals surface area contributed by atoms with Gasteiger partial charge in [0.2, 0.25) is 0 Å². The molecule has 0 unspecified atom stereocenters. The van der Waals surface area contributed by atoms with E-state index < -0.39 is 0 Å². The number of Topliss-reactive ketones (excluding diaryl/α,β-unsaturated/α-hetero) is 1. The van der Waals surface area contributed by atoms with Gasteiger partial charge >= 0.3 is 0 Å². The fourth-order valence-electron chi connectivity index (χ4n) is 4.00. The highest BCUT2D eigenvalue weighted by Crippen LogP contribution is 2.31. The third kappa shape index (κ3) is 4.46. The number of carbonyl (C=O) groups excluding carboxylic acids is 1. The molecule has 3 aromatic rings. The molecule has 0 atom stereocenters. The van der Waals surface area contributed by atoms with Crippen LogP contribution in [-0.4, -0.2) is 24.0 Å². The Labute approximate surface area is 170 Å². The first-order valence-corrected chi connectivity index (χ1v) is 10.1. The molecule has 4 nitrogen and oxygen atoms in total. The number of fused-ring (bicyclic) bond motifs is 1. The Morgan fingerprint density at radius 1 is 1.21 bits per heavy atom. The molecule has 0 saturated carbocycles. The van der Waals surface area contributed by atoms with Crippen LogP contribution in [0.5, 0.6) is 0 Å². The lowest BCUT2D eigenvalue weighted by molar-refractivity contribution is 0.0619. The fourth-order valence-corrected chi connectivity index (χ4v) is 4.00. The van der Waals surface area contributed by atoms with Crippen molar-refractivity contribution in [2.75, 3.05) is 18.5 Å². The maximum atomic E-state index is 13.5. The minimum atomic E-state index is -0.310. The molecule has 1 N–H and O–H groups in total. The topological polar surface area (TPSA) is 51.2 Å². The van der Waals surface area contributed by atoms with E-state index in [-0.39, 0.29) is 11.6 Å². The maximum absolute atomic E-state index is 13.5. The van der Waals surface area contributed by atoms with Crippen LogP contribution in [0.3, 0.4) is 0 Å². The predicted octanol–water partition coefficient (Wildman–Crippen LogP) is 5.82. The van der Waals surface area contributed by atoms with Gasteiger partial charge in [-0.05, 0) is 55.9 Å². The van der Waals surface area contributed by atoms with Crippen LogP contribution >= 0.6 is 0 Å². The van der Waals surface area contributed by atoms with Crippen molar-refractivity contribution in [2.24, 2.45) is 5.92 Å². The molecule has 1 aliphatic heterocycles. The van der Waals surface area contributed by atoms with Crippen LogP contribution in [0.2, 0.25) is 0 Å². The van der Waals surface area contributed by atoms with Gasteiger partial charge in [0.05, 0.1) is 0 Å². The number of ether oxygens (including phenoxy) is 1. The molecule has 2 heterocycles. The molecule has 2 aromatic carbocycles. The molecule has 0 amide bonds. The number of carbonyl (C=O) groups is 1. The highest BCUT2D eigenvalue weighted by Gasteiger charge is 2.19. The van der Waals surface area contributed by atoms with E-state index in [1.807, 2.05) is 25.1 Å². The summed E-state index contributed by atoms with van der Waals surface area (Å²) in [5.41, 5.74) is 2.32. The molecule has 29 heavy (non-hydrogen) atoms. The van der Waals surface area contributed by atoms with Crippen molar-refractivity contribution >= 4 is 28.1 Å². The zero-order chi connectivity index (χ0) is 20.2. The molecule has 5 heteroatoms. The average Bonchev–Trinajstić information content (AvgIpc) is 2.73. The quantitative estimate of drug-likeness (QED) is 0.538. The van der Waals surface area contributed by atoms with Gasteiger partial charge in [-0.15, -0.1) is 0 Å². The zero-order valence-electron chi connectivity index (χ0n) is 16.6. The third-order valence-corrected chi connectivity index (χ3v) is 5.63. The first-order chi connectivity index (χ1) is 14.1. The number of benzene rings is 2. The van der Waals surface area contributed by atoms with Gasteiger partial charge in [-0.3, -0.25) is 4.79 Å². The van der Waals surface area contributed by atoms with Crippen LogP contribution in [0.1, 0.15) is 41.6 Å². The minimum absolute atomic E-state index is 0.126. The Hall–Kier alpha value is -2.79. The molecule has 0 radical (unpaired) electrons. The fraction of sp³-hybridized carbons (Fsp3) is 0.333. The number of aromatic nitrogens is 1. The average molecular weight is 392 g/mol. The monoisotopic (exact) mass is 392 g/mol. The Morgan fingerprint density at radius 3 is 2.79 bits per heavy atom. The Morgan fingerprint density at radius 2 is 2.00 bits per heavy atom. The number of hydrogen-bond acceptors (Lipinski definition) is 4. The number of rotatable bonds is 6. The largest absolute Gasteiger partial charge is 0.381 e. The number of pyridine rings is 1. The number of ketones is 1. The summed E-state index contributed by atoms with van der Waals surface area (Å²) < 4.78 is 19.0. The van der Waals surface area contributed by atoms with Crippen LogP contribution in [0.15, 0.2) is 48.7 Å². The highest BCUT2D eigenvalue weighted by molar-refractivity contribution is 6.11. The van der Waals surface area contributed by atoms with Gasteiger partial charge in [0.25, 0.3) is 0 Å². The lowest BCUT2D eigenvalue weighted by Gasteiger charge is -2.21. The molecular formula is C24H25FN2O2. The predicted molar refractivity (Wildman–Crippen MR) is 113 cm³/mol. The van der Waals surface area contributed by atoms with E-state index in [0.717, 1.165) is 48.8 Å². The van der Waals surface area contributed by atoms with Crippen molar-refractivity contribution in [3.05, 3.63) is 65.6 Å². The number of anilines is 2. The van der Waals surface area contributed by atoms with Crippen molar-refractivity contribution in [1.29, 1.82) is 0 Å². The Bertz CT molecular complexity index is 1030. The number of hydrogen-bond donors (Lipinski definition) is 1. The molecule has 4 rings (SSSR count). The van der Waals surface area contributed by atoms with E-state index in [1.54, 1.807) is 18.3 Å². The number of aryl methyl sites for hydroxylation is 1. The molecule has 1 aromatic heterocycles. The van der Waals surface area contributed by atoms with Crippen molar-refractivity contribution in [3.63, 3.8) is 0 Å². The second kappa shape index (κ2) is 8.70. The van der Waals surface area contributed by atoms with E-state index in [9.17, 15) is 9.18 Å². The summed E-state index contributed by atoms with van der Waals surface area (Å²) in [5.74, 6) is 0.994. The number of nitrogens with zero attached hydrogens (tertiary/aromatic N) is 1. The van der Waals surface area contributed by atoms with Crippen LogP contribution < -0.4 is 5.32 Å². The Kier molecular flexibility index (Phi) is 5.86. The highest BCUT2D eigenvalue weighted by atomic mass is 19.1. The molecule has 0 spiro atoms. The van der Waals surface area contributed by atoms with E-state index >= 15 is 0 Å². The van der Waals surface area contributed by atoms with E-state index in [4.69, 9.17) is 4.74 Å². The van der Waals surface area contributed by atoms with Crippen LogP contribution in [0.25, 0.3) is 10.8 Å². The SMILES string of the molecule is Cc1cccc2c(Nc3cccc(F)c3)ncc(C(=O)CCC3CCOCC3)c12. The summed E-state index contributed by atoms with van der Waals surface area (Å²) in [7, 11) is 0. The first kappa shape index (κ1) is 19.5. The normalized spacial score (nSPS) is 14.8. The number of halogens is 1. The van der Waals surface area contributed by atoms with E-state index in [0.29, 0.717) is 29.4 Å². The molecule has 1 aliphatic rings. The molecule has 0 bridgehead atoms. The lowest BCUT2D eigenvalue weighted by atomic mass is 9.91. The van der Waals surface area contributed by atoms with Gasteiger partial charge in [0, 0.05) is 47.9 Å². The van der Waals surface area contributed by atoms with Gasteiger partial charge < -0.3 is 10.1 Å². The standard InChI is InChI=1S/C24H25FN2O2/c1-16-4-2-7-20-23(16)21(22(28)9-8-17-10-12-29-13-11-17)15-26-24(20)27-19-6-3-5-18(25)14-19/h2-7,14-15,17H,8-13H2,1H3,(H,26,27). The summed E-state index contributed by atoms with van der Waals surface area (Å²) in [6, 6.07) is 12.2. The van der Waals surface area contributed by atoms with Gasteiger partial charge in [-0.2, -0.15) is 0 Å². The third-order valence-electron chi connectivity index (χ3n) is 5.63. The molecule has 150 valence electrons. The maximum Gasteiger partial charge on any atom is 0.165 e. The summed E-state index contributed by atoms with van der Waals surface area (Å²) in [6.45, 7) is 3.59. The van der Waals surface area contributed by atoms with E-state index in [2.05, 4.69) is 10.3 Å². The molecule has 1 saturated heterocycles. The Balaban J connectivity index is 1.62. The van der Waals surface area contributed by atoms with Crippen molar-refractivity contribution in [2.45, 2.75) is 32.6 Å².